The normalized spacial score (nSPS) is 41.4. The van der Waals surface area contributed by atoms with Gasteiger partial charge in [0.2, 0.25) is 0 Å². The van der Waals surface area contributed by atoms with Gasteiger partial charge >= 0.3 is 0 Å². The predicted molar refractivity (Wildman–Crippen MR) is 30.3 cm³/mol. The van der Waals surface area contributed by atoms with Gasteiger partial charge in [0.05, 0.1) is 0 Å². The van der Waals surface area contributed by atoms with Gasteiger partial charge in [-0.2, -0.15) is 0 Å². The third kappa shape index (κ3) is 1.17. The van der Waals surface area contributed by atoms with E-state index in [0.29, 0.717) is 0 Å². The molecule has 0 saturated heterocycles. The molecule has 0 heterocycles. The Morgan fingerprint density at radius 2 is 2.11 bits per heavy atom. The molecule has 0 aromatic heterocycles. The van der Waals surface area contributed by atoms with Crippen LogP contribution in [-0.2, 0) is 0 Å². The van der Waals surface area contributed by atoms with Gasteiger partial charge in [-0.25, -0.2) is 4.39 Å². The lowest BCUT2D eigenvalue weighted by Gasteiger charge is -2.20. The molecular weight excluding hydrogens is 123 g/mol. The molecule has 0 aromatic rings. The van der Waals surface area contributed by atoms with Crippen LogP contribution in [0.25, 0.3) is 0 Å². The van der Waals surface area contributed by atoms with Gasteiger partial charge < -0.3 is 10.2 Å². The van der Waals surface area contributed by atoms with Crippen molar-refractivity contribution in [2.24, 2.45) is 0 Å². The average Bonchev–Trinajstić information content (AvgIpc) is 1.77. The Balaban J connectivity index is 2.78. The van der Waals surface area contributed by atoms with E-state index in [0.717, 1.165) is 6.08 Å². The number of hydrogen-bond acceptors (Lipinski definition) is 2. The molecule has 1 aliphatic carbocycles. The molecule has 9 heavy (non-hydrogen) atoms. The first-order chi connectivity index (χ1) is 4.13. The monoisotopic (exact) mass is 130 g/mol. The highest BCUT2D eigenvalue weighted by Gasteiger charge is 2.31. The number of aliphatic hydroxyl groups is 2. The molecule has 2 N–H and O–H groups in total. The SMILES string of the molecule is OC1C=CC=CC1(O)F. The zero-order valence-electron chi connectivity index (χ0n) is 4.66. The van der Waals surface area contributed by atoms with Crippen molar-refractivity contribution in [3.63, 3.8) is 0 Å². The third-order valence-corrected chi connectivity index (χ3v) is 1.15. The number of hydrogen-bond donors (Lipinski definition) is 2. The molecule has 0 aromatic carbocycles. The summed E-state index contributed by atoms with van der Waals surface area (Å²) in [5, 5.41) is 17.3. The van der Waals surface area contributed by atoms with Crippen LogP contribution in [0.15, 0.2) is 24.3 Å². The standard InChI is InChI=1S/C6H7FO2/c7-6(9)4-2-1-3-5(6)8/h1-5,8-9H. The lowest BCUT2D eigenvalue weighted by molar-refractivity contribution is -0.114. The Kier molecular flexibility index (Phi) is 1.38. The summed E-state index contributed by atoms with van der Waals surface area (Å²) in [6.07, 6.45) is 3.46. The summed E-state index contributed by atoms with van der Waals surface area (Å²) in [6, 6.07) is 0. The van der Waals surface area contributed by atoms with E-state index in [1.807, 2.05) is 0 Å². The lowest BCUT2D eigenvalue weighted by Crippen LogP contribution is -2.35. The Hall–Kier alpha value is -0.670. The fraction of sp³-hybridized carbons (Fsp3) is 0.333. The summed E-state index contributed by atoms with van der Waals surface area (Å²) in [5.41, 5.74) is 0. The van der Waals surface area contributed by atoms with Crippen molar-refractivity contribution in [2.45, 2.75) is 12.0 Å². The van der Waals surface area contributed by atoms with Gasteiger partial charge in [0.25, 0.3) is 5.85 Å². The highest BCUT2D eigenvalue weighted by Crippen LogP contribution is 2.18. The van der Waals surface area contributed by atoms with Gasteiger partial charge in [0, 0.05) is 0 Å². The van der Waals surface area contributed by atoms with Gasteiger partial charge in [-0.15, -0.1) is 0 Å². The molecule has 3 heteroatoms. The summed E-state index contributed by atoms with van der Waals surface area (Å²) in [5.74, 6) is -2.57. The van der Waals surface area contributed by atoms with Crippen LogP contribution >= 0.6 is 0 Å². The van der Waals surface area contributed by atoms with E-state index < -0.39 is 12.0 Å². The minimum absolute atomic E-state index is 0.900. The fourth-order valence-electron chi connectivity index (χ4n) is 0.593. The highest BCUT2D eigenvalue weighted by molar-refractivity contribution is 5.18. The van der Waals surface area contributed by atoms with Crippen molar-refractivity contribution < 1.29 is 14.6 Å². The van der Waals surface area contributed by atoms with E-state index in [-0.39, 0.29) is 0 Å². The molecule has 0 spiro atoms. The number of aliphatic hydroxyl groups excluding tert-OH is 1. The van der Waals surface area contributed by atoms with Gasteiger partial charge in [0.15, 0.2) is 0 Å². The minimum atomic E-state index is -2.57. The first-order valence-electron chi connectivity index (χ1n) is 2.58. The van der Waals surface area contributed by atoms with E-state index in [2.05, 4.69) is 0 Å². The van der Waals surface area contributed by atoms with Gasteiger partial charge in [-0.1, -0.05) is 18.2 Å². The van der Waals surface area contributed by atoms with Crippen LogP contribution in [0.5, 0.6) is 0 Å². The Labute approximate surface area is 51.9 Å². The van der Waals surface area contributed by atoms with Gasteiger partial charge in [-0.05, 0) is 6.08 Å². The molecule has 1 aliphatic rings. The Morgan fingerprint density at radius 3 is 2.44 bits per heavy atom. The second kappa shape index (κ2) is 1.93. The van der Waals surface area contributed by atoms with Crippen molar-refractivity contribution >= 4 is 0 Å². The van der Waals surface area contributed by atoms with Crippen molar-refractivity contribution in [1.82, 2.24) is 0 Å². The van der Waals surface area contributed by atoms with Crippen molar-refractivity contribution in [3.8, 4) is 0 Å². The number of rotatable bonds is 0. The first-order valence-corrected chi connectivity index (χ1v) is 2.58. The average molecular weight is 130 g/mol. The molecular formula is C6H7FO2. The molecule has 0 fully saturated rings. The van der Waals surface area contributed by atoms with Crippen molar-refractivity contribution in [3.05, 3.63) is 24.3 Å². The van der Waals surface area contributed by atoms with Gasteiger partial charge in [0.1, 0.15) is 6.10 Å². The fourth-order valence-corrected chi connectivity index (χ4v) is 0.593. The number of halogens is 1. The molecule has 2 atom stereocenters. The van der Waals surface area contributed by atoms with Crippen LogP contribution in [-0.4, -0.2) is 22.2 Å². The predicted octanol–water partition coefficient (Wildman–Crippen LogP) is 0.131. The highest BCUT2D eigenvalue weighted by atomic mass is 19.2. The van der Waals surface area contributed by atoms with Crippen LogP contribution in [0.1, 0.15) is 0 Å². The Morgan fingerprint density at radius 1 is 1.44 bits per heavy atom. The summed E-state index contributed by atoms with van der Waals surface area (Å²) in [4.78, 5) is 0. The molecule has 50 valence electrons. The van der Waals surface area contributed by atoms with Crippen LogP contribution < -0.4 is 0 Å². The summed E-state index contributed by atoms with van der Waals surface area (Å²) >= 11 is 0. The Bertz CT molecular complexity index is 160. The van der Waals surface area contributed by atoms with Crippen molar-refractivity contribution in [2.75, 3.05) is 0 Å². The second-order valence-electron chi connectivity index (χ2n) is 1.92. The van der Waals surface area contributed by atoms with Gasteiger partial charge in [-0.3, -0.25) is 0 Å². The first kappa shape index (κ1) is 6.45. The van der Waals surface area contributed by atoms with Crippen molar-refractivity contribution in [1.29, 1.82) is 0 Å². The zero-order chi connectivity index (χ0) is 6.91. The lowest BCUT2D eigenvalue weighted by atomic mass is 10.1. The molecule has 2 nitrogen and oxygen atoms in total. The van der Waals surface area contributed by atoms with Crippen LogP contribution in [0.2, 0.25) is 0 Å². The number of allylic oxidation sites excluding steroid dienone is 2. The van der Waals surface area contributed by atoms with E-state index in [1.54, 1.807) is 0 Å². The minimum Gasteiger partial charge on any atom is -0.383 e. The maximum Gasteiger partial charge on any atom is 0.256 e. The van der Waals surface area contributed by atoms with E-state index in [1.165, 1.54) is 18.2 Å². The quantitative estimate of drug-likeness (QED) is 0.489. The molecule has 1 rings (SSSR count). The summed E-state index contributed by atoms with van der Waals surface area (Å²) in [6.45, 7) is 0. The maximum absolute atomic E-state index is 12.4. The molecule has 0 saturated carbocycles. The topological polar surface area (TPSA) is 40.5 Å². The largest absolute Gasteiger partial charge is 0.383 e. The smallest absolute Gasteiger partial charge is 0.256 e. The molecule has 0 bridgehead atoms. The van der Waals surface area contributed by atoms with Crippen LogP contribution in [0, 0.1) is 0 Å². The number of alkyl halides is 1. The summed E-state index contributed by atoms with van der Waals surface area (Å²) < 4.78 is 12.4. The third-order valence-electron chi connectivity index (χ3n) is 1.15. The zero-order valence-corrected chi connectivity index (χ0v) is 4.66. The van der Waals surface area contributed by atoms with Crippen LogP contribution in [0.4, 0.5) is 4.39 Å². The molecule has 0 aliphatic heterocycles. The van der Waals surface area contributed by atoms with Crippen LogP contribution in [0.3, 0.4) is 0 Å². The maximum atomic E-state index is 12.4. The molecule has 0 amide bonds. The van der Waals surface area contributed by atoms with E-state index in [4.69, 9.17) is 10.2 Å². The second-order valence-corrected chi connectivity index (χ2v) is 1.92. The molecule has 2 unspecified atom stereocenters. The van der Waals surface area contributed by atoms with E-state index >= 15 is 0 Å². The molecule has 0 radical (unpaired) electrons. The van der Waals surface area contributed by atoms with E-state index in [9.17, 15) is 4.39 Å². The summed E-state index contributed by atoms with van der Waals surface area (Å²) in [7, 11) is 0.